The van der Waals surface area contributed by atoms with Gasteiger partial charge in [-0.3, -0.25) is 0 Å². The summed E-state index contributed by atoms with van der Waals surface area (Å²) in [4.78, 5) is 0. The van der Waals surface area contributed by atoms with Gasteiger partial charge in [-0.05, 0) is 0 Å². The normalized spacial score (nSPS) is 15.2. The first kappa shape index (κ1) is 7.58. The Bertz CT molecular complexity index is 19.1. The average molecular weight is 426 g/mol. The third kappa shape index (κ3) is 20.7. The van der Waals surface area contributed by atoms with Crippen LogP contribution in [0.4, 0.5) is 0 Å². The Balaban J connectivity index is 3.02. The fourth-order valence-electron chi connectivity index (χ4n) is 0. The molecule has 0 radical (unpaired) electrons. The quantitative estimate of drug-likeness (QED) is 0.522. The van der Waals surface area contributed by atoms with E-state index in [-0.39, 0.29) is 0 Å². The van der Waals surface area contributed by atoms with E-state index in [0.717, 1.165) is 0 Å². The van der Waals surface area contributed by atoms with Crippen molar-refractivity contribution in [2.75, 3.05) is 0 Å². The predicted molar refractivity (Wildman–Crippen MR) is 35.7 cm³/mol. The Morgan fingerprint density at radius 2 is 0.800 bits per heavy atom. The van der Waals surface area contributed by atoms with E-state index in [1.807, 2.05) is 0 Å². The topological polar surface area (TPSA) is 0 Å². The summed E-state index contributed by atoms with van der Waals surface area (Å²) in [5.41, 5.74) is 0. The van der Waals surface area contributed by atoms with E-state index in [0.29, 0.717) is 0 Å². The van der Waals surface area contributed by atoms with Crippen molar-refractivity contribution in [2.45, 2.75) is 0 Å². The minimum atomic E-state index is -1.45. The van der Waals surface area contributed by atoms with Gasteiger partial charge in [0.05, 0.1) is 0 Å². The van der Waals surface area contributed by atoms with Gasteiger partial charge >= 0.3 is 61.2 Å². The molecule has 0 aromatic heterocycles. The van der Waals surface area contributed by atoms with Crippen LogP contribution in [-0.2, 0) is 7.47 Å². The van der Waals surface area contributed by atoms with E-state index in [2.05, 4.69) is 53.7 Å². The molecule has 0 unspecified atom stereocenters. The summed E-state index contributed by atoms with van der Waals surface area (Å²) >= 11 is 13.1. The summed E-state index contributed by atoms with van der Waals surface area (Å²) in [5, 5.41) is 0. The van der Waals surface area contributed by atoms with Gasteiger partial charge in [0.2, 0.25) is 0 Å². The van der Waals surface area contributed by atoms with Crippen LogP contribution in [0.2, 0.25) is 0 Å². The van der Waals surface area contributed by atoms with E-state index in [1.165, 1.54) is 0 Å². The van der Waals surface area contributed by atoms with Gasteiger partial charge in [-0.15, -0.1) is 0 Å². The van der Waals surface area contributed by atoms with Crippen molar-refractivity contribution in [3.63, 3.8) is 0 Å². The zero-order chi connectivity index (χ0) is 4.50. The Morgan fingerprint density at radius 3 is 0.800 bits per heavy atom. The molecule has 0 N–H and O–H groups in total. The molecular formula is Br4Pd. The van der Waals surface area contributed by atoms with E-state index < -0.39 is 7.47 Å². The van der Waals surface area contributed by atoms with Gasteiger partial charge in [0.15, 0.2) is 0 Å². The van der Waals surface area contributed by atoms with Crippen LogP contribution >= 0.6 is 53.7 Å². The van der Waals surface area contributed by atoms with Crippen LogP contribution in [0.15, 0.2) is 0 Å². The fraction of sp³-hybridized carbons (Fsp3) is 0. The molecule has 0 aromatic carbocycles. The molecule has 0 spiro atoms. The SMILES string of the molecule is [Br][Pd]([Br])([Br])[Br]. The molecule has 0 aliphatic rings. The van der Waals surface area contributed by atoms with Gasteiger partial charge in [0.25, 0.3) is 0 Å². The van der Waals surface area contributed by atoms with Gasteiger partial charge in [-0.2, -0.15) is 0 Å². The van der Waals surface area contributed by atoms with Gasteiger partial charge in [0.1, 0.15) is 0 Å². The molecule has 0 saturated carbocycles. The molecule has 0 nitrogen and oxygen atoms in total. The molecule has 0 bridgehead atoms. The van der Waals surface area contributed by atoms with E-state index in [1.54, 1.807) is 0 Å². The van der Waals surface area contributed by atoms with Crippen molar-refractivity contribution in [3.8, 4) is 0 Å². The van der Waals surface area contributed by atoms with Crippen molar-refractivity contribution in [3.05, 3.63) is 0 Å². The molecule has 0 fully saturated rings. The molecule has 0 atom stereocenters. The maximum atomic E-state index is 3.28. The molecular weight excluding hydrogens is 426 g/mol. The van der Waals surface area contributed by atoms with Crippen LogP contribution in [0, 0.1) is 0 Å². The number of rotatable bonds is 0. The Hall–Kier alpha value is 2.58. The zero-order valence-electron chi connectivity index (χ0n) is 1.83. The third-order valence-electron chi connectivity index (χ3n) is 0. The van der Waals surface area contributed by atoms with E-state index >= 15 is 0 Å². The second-order valence-corrected chi connectivity index (χ2v) is 43.3. The van der Waals surface area contributed by atoms with Crippen molar-refractivity contribution in [2.24, 2.45) is 0 Å². The summed E-state index contributed by atoms with van der Waals surface area (Å²) in [7, 11) is -1.45. The van der Waals surface area contributed by atoms with Gasteiger partial charge in [0, 0.05) is 0 Å². The number of hydrogen-bond donors (Lipinski definition) is 0. The predicted octanol–water partition coefficient (Wildman–Crippen LogP) is 3.38. The second kappa shape index (κ2) is 2.78. The average Bonchev–Trinajstić information content (AvgIpc) is 0.722. The second-order valence-electron chi connectivity index (χ2n) is 0.271. The summed E-state index contributed by atoms with van der Waals surface area (Å²) in [6.07, 6.45) is 0. The Kier molecular flexibility index (Phi) is 4.22. The molecule has 0 aliphatic carbocycles. The Labute approximate surface area is 60.0 Å². The first-order valence-electron chi connectivity index (χ1n) is 0.478. The van der Waals surface area contributed by atoms with Gasteiger partial charge in [-0.1, -0.05) is 0 Å². The van der Waals surface area contributed by atoms with Crippen LogP contribution < -0.4 is 0 Å². The molecule has 0 amide bonds. The number of hydrogen-bond acceptors (Lipinski definition) is 0. The zero-order valence-corrected chi connectivity index (χ0v) is 9.73. The summed E-state index contributed by atoms with van der Waals surface area (Å²) in [6.45, 7) is 0. The van der Waals surface area contributed by atoms with Crippen LogP contribution in [0.1, 0.15) is 0 Å². The fourth-order valence-corrected chi connectivity index (χ4v) is 0. The standard InChI is InChI=1S/4BrH.Pd/h4*1H;/q;;;;+4/p-4. The van der Waals surface area contributed by atoms with E-state index in [4.69, 9.17) is 0 Å². The summed E-state index contributed by atoms with van der Waals surface area (Å²) in [5.74, 6) is 0. The summed E-state index contributed by atoms with van der Waals surface area (Å²) < 4.78 is 0. The van der Waals surface area contributed by atoms with Gasteiger partial charge < -0.3 is 0 Å². The monoisotopic (exact) mass is 422 g/mol. The Morgan fingerprint density at radius 1 is 0.800 bits per heavy atom. The van der Waals surface area contributed by atoms with Crippen molar-refractivity contribution >= 4 is 53.7 Å². The van der Waals surface area contributed by atoms with Crippen molar-refractivity contribution in [1.82, 2.24) is 0 Å². The molecule has 5 heavy (non-hydrogen) atoms. The molecule has 0 saturated heterocycles. The molecule has 0 aliphatic heterocycles. The van der Waals surface area contributed by atoms with Crippen molar-refractivity contribution < 1.29 is 7.47 Å². The van der Waals surface area contributed by atoms with Crippen LogP contribution in [0.25, 0.3) is 0 Å². The molecule has 5 heteroatoms. The van der Waals surface area contributed by atoms with E-state index in [9.17, 15) is 0 Å². The molecule has 0 aromatic rings. The molecule has 38 valence electrons. The van der Waals surface area contributed by atoms with Crippen LogP contribution in [0.5, 0.6) is 0 Å². The van der Waals surface area contributed by atoms with Crippen LogP contribution in [-0.4, -0.2) is 0 Å². The number of halogens is 4. The third-order valence-corrected chi connectivity index (χ3v) is 0. The van der Waals surface area contributed by atoms with Crippen molar-refractivity contribution in [1.29, 1.82) is 0 Å². The molecule has 0 rings (SSSR count). The van der Waals surface area contributed by atoms with Crippen LogP contribution in [0.3, 0.4) is 0 Å². The maximum absolute atomic E-state index is 3.28. The summed E-state index contributed by atoms with van der Waals surface area (Å²) in [6, 6.07) is 0. The minimum absolute atomic E-state index is 1.45. The first-order chi connectivity index (χ1) is 2.00. The van der Waals surface area contributed by atoms with Gasteiger partial charge in [-0.25, -0.2) is 0 Å². The molecule has 0 heterocycles. The first-order valence-corrected chi connectivity index (χ1v) is 14.7.